The number of ether oxygens (including phenoxy) is 1. The number of nitrogens with zero attached hydrogens (tertiary/aromatic N) is 2. The van der Waals surface area contributed by atoms with Crippen LogP contribution in [0.5, 0.6) is 0 Å². The van der Waals surface area contributed by atoms with Crippen LogP contribution in [-0.2, 0) is 4.74 Å². The summed E-state index contributed by atoms with van der Waals surface area (Å²) in [5.74, 6) is 0. The van der Waals surface area contributed by atoms with Crippen molar-refractivity contribution in [2.24, 2.45) is 0 Å². The van der Waals surface area contributed by atoms with Crippen molar-refractivity contribution in [3.8, 4) is 0 Å². The van der Waals surface area contributed by atoms with Gasteiger partial charge in [0, 0.05) is 19.4 Å². The van der Waals surface area contributed by atoms with Crippen LogP contribution in [0.4, 0.5) is 22.1 Å². The van der Waals surface area contributed by atoms with Crippen molar-refractivity contribution in [2.45, 2.75) is 6.92 Å². The Bertz CT molecular complexity index is 253. The molecule has 0 spiro atoms. The highest BCUT2D eigenvalue weighted by Gasteiger charge is 2.20. The van der Waals surface area contributed by atoms with E-state index in [-0.39, 0.29) is 6.09 Å². The van der Waals surface area contributed by atoms with Crippen molar-refractivity contribution in [2.75, 3.05) is 20.3 Å². The molecule has 0 saturated carbocycles. The first-order valence-corrected chi connectivity index (χ1v) is 4.43. The fourth-order valence-corrected chi connectivity index (χ4v) is 0.854. The molecule has 1 heterocycles. The lowest BCUT2D eigenvalue weighted by Crippen LogP contribution is -2.29. The number of carbonyl (C=O) groups is 1. The summed E-state index contributed by atoms with van der Waals surface area (Å²) < 4.78 is 43.8. The minimum atomic E-state index is -6.00. The van der Waals surface area contributed by atoms with Crippen molar-refractivity contribution in [3.05, 3.63) is 12.4 Å². The van der Waals surface area contributed by atoms with E-state index in [2.05, 4.69) is 0 Å². The maximum absolute atomic E-state index is 11.0. The SMILES string of the molecule is CCOC(=O)N1C=CN(C)C1.F[B-](F)(F)F. The Morgan fingerprint density at radius 3 is 2.19 bits per heavy atom. The fraction of sp³-hybridized carbons (Fsp3) is 0.571. The molecular weight excluding hydrogens is 231 g/mol. The van der Waals surface area contributed by atoms with Gasteiger partial charge in [0.1, 0.15) is 0 Å². The van der Waals surface area contributed by atoms with Crippen LogP contribution in [-0.4, -0.2) is 43.5 Å². The van der Waals surface area contributed by atoms with Crippen LogP contribution in [0.3, 0.4) is 0 Å². The van der Waals surface area contributed by atoms with E-state index in [0.29, 0.717) is 13.3 Å². The zero-order chi connectivity index (χ0) is 12.8. The van der Waals surface area contributed by atoms with Gasteiger partial charge in [0.2, 0.25) is 0 Å². The molecule has 1 aliphatic rings. The number of amides is 1. The lowest BCUT2D eigenvalue weighted by atomic mass is 10.3. The Hall–Kier alpha value is -1.41. The second-order valence-electron chi connectivity index (χ2n) is 2.86. The van der Waals surface area contributed by atoms with Crippen molar-refractivity contribution in [1.82, 2.24) is 9.80 Å². The van der Waals surface area contributed by atoms with Gasteiger partial charge in [0.25, 0.3) is 0 Å². The summed E-state index contributed by atoms with van der Waals surface area (Å²) >= 11 is 0. The standard InChI is InChI=1S/C7H12N2O2.BF4/c1-3-11-7(10)9-5-4-8(2)6-9;2-1(3,4)5/h4-5H,3,6H2,1-2H3;/q;-1. The highest BCUT2D eigenvalue weighted by Crippen LogP contribution is 2.06. The topological polar surface area (TPSA) is 32.8 Å². The van der Waals surface area contributed by atoms with Gasteiger partial charge in [-0.05, 0) is 6.92 Å². The van der Waals surface area contributed by atoms with Gasteiger partial charge in [-0.15, -0.1) is 0 Å². The second-order valence-corrected chi connectivity index (χ2v) is 2.86. The number of carbonyl (C=O) groups excluding carboxylic acids is 1. The molecule has 0 unspecified atom stereocenters. The van der Waals surface area contributed by atoms with Crippen LogP contribution in [0.1, 0.15) is 6.92 Å². The molecule has 0 radical (unpaired) electrons. The maximum atomic E-state index is 11.0. The van der Waals surface area contributed by atoms with Gasteiger partial charge in [-0.1, -0.05) is 0 Å². The molecule has 16 heavy (non-hydrogen) atoms. The third kappa shape index (κ3) is 7.95. The Morgan fingerprint density at radius 2 is 1.88 bits per heavy atom. The van der Waals surface area contributed by atoms with Gasteiger partial charge in [-0.2, -0.15) is 0 Å². The molecule has 9 heteroatoms. The van der Waals surface area contributed by atoms with Gasteiger partial charge >= 0.3 is 13.3 Å². The van der Waals surface area contributed by atoms with Crippen molar-refractivity contribution in [1.29, 1.82) is 0 Å². The molecule has 94 valence electrons. The van der Waals surface area contributed by atoms with E-state index in [4.69, 9.17) is 4.74 Å². The molecule has 0 fully saturated rings. The highest BCUT2D eigenvalue weighted by atomic mass is 19.5. The zero-order valence-corrected chi connectivity index (χ0v) is 8.87. The Balaban J connectivity index is 0.000000385. The largest absolute Gasteiger partial charge is 0.673 e. The number of halogens is 4. The minimum absolute atomic E-state index is 0.284. The summed E-state index contributed by atoms with van der Waals surface area (Å²) in [6.07, 6.45) is 3.25. The minimum Gasteiger partial charge on any atom is -0.449 e. The first-order valence-electron chi connectivity index (χ1n) is 4.43. The summed E-state index contributed by atoms with van der Waals surface area (Å²) in [5, 5.41) is 0. The molecule has 1 rings (SSSR count). The molecule has 0 aliphatic carbocycles. The highest BCUT2D eigenvalue weighted by molar-refractivity contribution is 6.50. The predicted molar refractivity (Wildman–Crippen MR) is 50.8 cm³/mol. The van der Waals surface area contributed by atoms with Crippen molar-refractivity contribution >= 4 is 13.3 Å². The van der Waals surface area contributed by atoms with Gasteiger partial charge in [0.15, 0.2) is 0 Å². The van der Waals surface area contributed by atoms with Gasteiger partial charge in [-0.3, -0.25) is 4.90 Å². The van der Waals surface area contributed by atoms with E-state index in [0.717, 1.165) is 0 Å². The molecule has 4 nitrogen and oxygen atoms in total. The van der Waals surface area contributed by atoms with Crippen molar-refractivity contribution < 1.29 is 26.8 Å². The summed E-state index contributed by atoms with van der Waals surface area (Å²) in [7, 11) is -4.10. The average Bonchev–Trinajstić information content (AvgIpc) is 2.49. The van der Waals surface area contributed by atoms with E-state index in [1.807, 2.05) is 18.1 Å². The third-order valence-electron chi connectivity index (χ3n) is 1.38. The molecule has 0 aromatic rings. The Kier molecular flexibility index (Phi) is 5.69. The van der Waals surface area contributed by atoms with Crippen molar-refractivity contribution in [3.63, 3.8) is 0 Å². The molecule has 0 aromatic heterocycles. The molecule has 0 saturated heterocycles. The van der Waals surface area contributed by atoms with Crippen LogP contribution in [0.2, 0.25) is 0 Å². The molecule has 0 aromatic carbocycles. The second kappa shape index (κ2) is 6.24. The summed E-state index contributed by atoms with van der Waals surface area (Å²) in [5.41, 5.74) is 0. The van der Waals surface area contributed by atoms with E-state index in [1.54, 1.807) is 13.1 Å². The van der Waals surface area contributed by atoms with Crippen LogP contribution >= 0.6 is 0 Å². The third-order valence-corrected chi connectivity index (χ3v) is 1.38. The fourth-order valence-electron chi connectivity index (χ4n) is 0.854. The predicted octanol–water partition coefficient (Wildman–Crippen LogP) is 2.12. The van der Waals surface area contributed by atoms with Crippen LogP contribution < -0.4 is 0 Å². The lowest BCUT2D eigenvalue weighted by Gasteiger charge is -2.14. The van der Waals surface area contributed by atoms with Crippen LogP contribution in [0.25, 0.3) is 0 Å². The van der Waals surface area contributed by atoms with E-state index in [9.17, 15) is 22.1 Å². The van der Waals surface area contributed by atoms with E-state index < -0.39 is 7.25 Å². The molecule has 0 N–H and O–H groups in total. The first-order chi connectivity index (χ1) is 7.24. The average molecular weight is 243 g/mol. The normalized spacial score (nSPS) is 14.6. The maximum Gasteiger partial charge on any atom is 0.673 e. The molecular formula is C7H12BF4N2O2-. The summed E-state index contributed by atoms with van der Waals surface area (Å²) in [6.45, 7) is 2.80. The molecule has 1 amide bonds. The van der Waals surface area contributed by atoms with E-state index >= 15 is 0 Å². The number of hydrogen-bond donors (Lipinski definition) is 0. The van der Waals surface area contributed by atoms with Crippen LogP contribution in [0, 0.1) is 0 Å². The smallest absolute Gasteiger partial charge is 0.449 e. The zero-order valence-electron chi connectivity index (χ0n) is 8.87. The number of rotatable bonds is 1. The van der Waals surface area contributed by atoms with Gasteiger partial charge in [-0.25, -0.2) is 4.79 Å². The molecule has 0 atom stereocenters. The van der Waals surface area contributed by atoms with Gasteiger partial charge in [0.05, 0.1) is 13.3 Å². The Labute approximate surface area is 90.6 Å². The molecule has 0 bridgehead atoms. The Morgan fingerprint density at radius 1 is 1.38 bits per heavy atom. The van der Waals surface area contributed by atoms with Gasteiger partial charge < -0.3 is 26.9 Å². The molecule has 1 aliphatic heterocycles. The summed E-state index contributed by atoms with van der Waals surface area (Å²) in [4.78, 5) is 14.4. The van der Waals surface area contributed by atoms with Crippen LogP contribution in [0.15, 0.2) is 12.4 Å². The number of hydrogen-bond acceptors (Lipinski definition) is 3. The quantitative estimate of drug-likeness (QED) is 0.522. The van der Waals surface area contributed by atoms with E-state index in [1.165, 1.54) is 4.90 Å². The summed E-state index contributed by atoms with van der Waals surface area (Å²) in [6, 6.07) is 0. The lowest BCUT2D eigenvalue weighted by molar-refractivity contribution is 0.117. The monoisotopic (exact) mass is 243 g/mol. The first kappa shape index (κ1) is 14.6.